The van der Waals surface area contributed by atoms with Crippen LogP contribution in [0, 0.1) is 0 Å². The average Bonchev–Trinajstić information content (AvgIpc) is 2.47. The van der Waals surface area contributed by atoms with Crippen molar-refractivity contribution in [1.82, 2.24) is 9.79 Å². The molecule has 2 rings (SSSR count). The molecule has 0 radical (unpaired) electrons. The fourth-order valence-electron chi connectivity index (χ4n) is 2.40. The van der Waals surface area contributed by atoms with Crippen LogP contribution in [0.2, 0.25) is 0 Å². The Labute approximate surface area is 125 Å². The summed E-state index contributed by atoms with van der Waals surface area (Å²) in [6, 6.07) is 8.75. The number of sulfonamides is 1. The number of carbonyl (C=O) groups is 1. The monoisotopic (exact) mass is 312 g/mol. The normalized spacial score (nSPS) is 20.1. The number of hydrogen-bond acceptors (Lipinski definition) is 4. The predicted octanol–water partition coefficient (Wildman–Crippen LogP) is 1.05. The lowest BCUT2D eigenvalue weighted by Gasteiger charge is -2.32. The second-order valence-corrected chi connectivity index (χ2v) is 7.06. The molecule has 0 bridgehead atoms. The number of benzene rings is 1. The Hall–Kier alpha value is -1.44. The van der Waals surface area contributed by atoms with Gasteiger partial charge in [0.05, 0.1) is 12.9 Å². The minimum Gasteiger partial charge on any atom is -0.271 e. The van der Waals surface area contributed by atoms with Crippen molar-refractivity contribution in [3.05, 3.63) is 35.9 Å². The molecule has 0 aromatic heterocycles. The van der Waals surface area contributed by atoms with E-state index in [0.29, 0.717) is 13.0 Å². The lowest BCUT2D eigenvalue weighted by molar-refractivity contribution is -0.139. The zero-order valence-corrected chi connectivity index (χ0v) is 12.8. The first kappa shape index (κ1) is 15.9. The van der Waals surface area contributed by atoms with Crippen LogP contribution in [0.4, 0.5) is 0 Å². The molecule has 21 heavy (non-hydrogen) atoms. The molecule has 1 aliphatic rings. The average molecular weight is 312 g/mol. The van der Waals surface area contributed by atoms with Gasteiger partial charge in [-0.3, -0.25) is 9.63 Å². The van der Waals surface area contributed by atoms with E-state index in [0.717, 1.165) is 24.7 Å². The molecule has 0 spiro atoms. The van der Waals surface area contributed by atoms with Crippen LogP contribution in [-0.2, 0) is 26.3 Å². The van der Waals surface area contributed by atoms with Crippen molar-refractivity contribution in [1.29, 1.82) is 0 Å². The van der Waals surface area contributed by atoms with Crippen LogP contribution in [0.1, 0.15) is 24.8 Å². The molecule has 1 aliphatic heterocycles. The smallest absolute Gasteiger partial charge is 0.261 e. The molecule has 0 unspecified atom stereocenters. The maximum Gasteiger partial charge on any atom is 0.261 e. The van der Waals surface area contributed by atoms with Crippen LogP contribution in [-0.4, -0.2) is 37.5 Å². The highest BCUT2D eigenvalue weighted by atomic mass is 32.2. The van der Waals surface area contributed by atoms with Crippen molar-refractivity contribution in [3.8, 4) is 0 Å². The number of amides is 1. The highest BCUT2D eigenvalue weighted by Crippen LogP contribution is 2.19. The van der Waals surface area contributed by atoms with Crippen LogP contribution in [0.25, 0.3) is 0 Å². The van der Waals surface area contributed by atoms with E-state index in [9.17, 15) is 13.2 Å². The highest BCUT2D eigenvalue weighted by Gasteiger charge is 2.34. The summed E-state index contributed by atoms with van der Waals surface area (Å²) >= 11 is 0. The predicted molar refractivity (Wildman–Crippen MR) is 78.6 cm³/mol. The Morgan fingerprint density at radius 1 is 1.33 bits per heavy atom. The molecule has 1 aromatic carbocycles. The van der Waals surface area contributed by atoms with Gasteiger partial charge in [0.15, 0.2) is 0 Å². The standard InChI is InChI=1S/C14H20N2O4S/c1-21(18,19)16-10-6-5-9-13(16)14(17)15-20-11-12-7-3-2-4-8-12/h2-4,7-8,13H,5-6,9-11H2,1H3,(H,15,17)/t13-/m1/s1. The van der Waals surface area contributed by atoms with Crippen LogP contribution in [0.5, 0.6) is 0 Å². The van der Waals surface area contributed by atoms with Gasteiger partial charge in [-0.05, 0) is 18.4 Å². The Bertz CT molecular complexity index is 574. The van der Waals surface area contributed by atoms with E-state index in [2.05, 4.69) is 5.48 Å². The molecule has 116 valence electrons. The lowest BCUT2D eigenvalue weighted by Crippen LogP contribution is -2.51. The van der Waals surface area contributed by atoms with Gasteiger partial charge >= 0.3 is 0 Å². The van der Waals surface area contributed by atoms with Gasteiger partial charge in [-0.25, -0.2) is 13.9 Å². The van der Waals surface area contributed by atoms with Gasteiger partial charge in [0, 0.05) is 6.54 Å². The molecule has 1 aromatic rings. The van der Waals surface area contributed by atoms with Gasteiger partial charge in [-0.1, -0.05) is 36.8 Å². The van der Waals surface area contributed by atoms with Crippen LogP contribution in [0.3, 0.4) is 0 Å². The summed E-state index contributed by atoms with van der Waals surface area (Å²) in [5, 5.41) is 0. The first-order chi connectivity index (χ1) is 9.98. The molecule has 1 saturated heterocycles. The minimum atomic E-state index is -3.38. The Kier molecular flexibility index (Phi) is 5.33. The number of hydrogen-bond donors (Lipinski definition) is 1. The van der Waals surface area contributed by atoms with Crippen molar-refractivity contribution >= 4 is 15.9 Å². The second-order valence-electron chi connectivity index (χ2n) is 5.13. The highest BCUT2D eigenvalue weighted by molar-refractivity contribution is 7.88. The molecule has 1 fully saturated rings. The molecular formula is C14H20N2O4S. The van der Waals surface area contributed by atoms with Gasteiger partial charge in [-0.2, -0.15) is 4.31 Å². The van der Waals surface area contributed by atoms with E-state index < -0.39 is 22.0 Å². The van der Waals surface area contributed by atoms with E-state index in [4.69, 9.17) is 4.84 Å². The molecule has 1 amide bonds. The van der Waals surface area contributed by atoms with Crippen LogP contribution in [0.15, 0.2) is 30.3 Å². The molecule has 0 aliphatic carbocycles. The third-order valence-electron chi connectivity index (χ3n) is 3.44. The third-order valence-corrected chi connectivity index (χ3v) is 4.73. The summed E-state index contributed by atoms with van der Waals surface area (Å²) in [7, 11) is -3.38. The summed E-state index contributed by atoms with van der Waals surface area (Å²) < 4.78 is 24.7. The topological polar surface area (TPSA) is 75.7 Å². The first-order valence-electron chi connectivity index (χ1n) is 6.91. The third kappa shape index (κ3) is 4.52. The number of nitrogens with one attached hydrogen (secondary N) is 1. The maximum atomic E-state index is 12.1. The molecule has 0 saturated carbocycles. The van der Waals surface area contributed by atoms with Crippen molar-refractivity contribution in [3.63, 3.8) is 0 Å². The van der Waals surface area contributed by atoms with Crippen LogP contribution >= 0.6 is 0 Å². The molecular weight excluding hydrogens is 292 g/mol. The Balaban J connectivity index is 1.89. The van der Waals surface area contributed by atoms with Crippen molar-refractivity contribution in [2.75, 3.05) is 12.8 Å². The first-order valence-corrected chi connectivity index (χ1v) is 8.75. The second kappa shape index (κ2) is 7.02. The van der Waals surface area contributed by atoms with Gasteiger partial charge in [0.25, 0.3) is 5.91 Å². The van der Waals surface area contributed by atoms with E-state index in [1.54, 1.807) is 0 Å². The Morgan fingerprint density at radius 3 is 2.71 bits per heavy atom. The van der Waals surface area contributed by atoms with E-state index in [1.807, 2.05) is 30.3 Å². The zero-order chi connectivity index (χ0) is 15.3. The number of carbonyl (C=O) groups excluding carboxylic acids is 1. The van der Waals surface area contributed by atoms with Crippen molar-refractivity contribution in [2.24, 2.45) is 0 Å². The van der Waals surface area contributed by atoms with Crippen molar-refractivity contribution in [2.45, 2.75) is 31.9 Å². The summed E-state index contributed by atoms with van der Waals surface area (Å²) in [4.78, 5) is 17.3. The summed E-state index contributed by atoms with van der Waals surface area (Å²) in [6.45, 7) is 0.633. The molecule has 1 heterocycles. The molecule has 6 nitrogen and oxygen atoms in total. The van der Waals surface area contributed by atoms with E-state index in [-0.39, 0.29) is 6.61 Å². The quantitative estimate of drug-likeness (QED) is 0.825. The Morgan fingerprint density at radius 2 is 2.05 bits per heavy atom. The van der Waals surface area contributed by atoms with Crippen molar-refractivity contribution < 1.29 is 18.0 Å². The minimum absolute atomic E-state index is 0.248. The maximum absolute atomic E-state index is 12.1. The number of hydroxylamine groups is 1. The van der Waals surface area contributed by atoms with Gasteiger partial charge in [0.2, 0.25) is 10.0 Å². The number of piperidine rings is 1. The summed E-state index contributed by atoms with van der Waals surface area (Å²) in [5.41, 5.74) is 3.29. The summed E-state index contributed by atoms with van der Waals surface area (Å²) in [5.74, 6) is -0.406. The van der Waals surface area contributed by atoms with Gasteiger partial charge < -0.3 is 0 Å². The SMILES string of the molecule is CS(=O)(=O)N1CCCC[C@@H]1C(=O)NOCc1ccccc1. The molecule has 1 atom stereocenters. The largest absolute Gasteiger partial charge is 0.271 e. The summed E-state index contributed by atoms with van der Waals surface area (Å²) in [6.07, 6.45) is 3.27. The molecule has 1 N–H and O–H groups in total. The van der Waals surface area contributed by atoms with E-state index in [1.165, 1.54) is 4.31 Å². The number of rotatable bonds is 5. The van der Waals surface area contributed by atoms with Crippen LogP contribution < -0.4 is 5.48 Å². The van der Waals surface area contributed by atoms with E-state index >= 15 is 0 Å². The fraction of sp³-hybridized carbons (Fsp3) is 0.500. The zero-order valence-electron chi connectivity index (χ0n) is 12.0. The van der Waals surface area contributed by atoms with Gasteiger partial charge in [-0.15, -0.1) is 0 Å². The molecule has 7 heteroatoms. The number of nitrogens with zero attached hydrogens (tertiary/aromatic N) is 1. The lowest BCUT2D eigenvalue weighted by atomic mass is 10.0. The van der Waals surface area contributed by atoms with Gasteiger partial charge in [0.1, 0.15) is 6.04 Å². The fourth-order valence-corrected chi connectivity index (χ4v) is 3.52.